The molecule has 1 atom stereocenters. The van der Waals surface area contributed by atoms with Crippen molar-refractivity contribution in [3.63, 3.8) is 0 Å². The van der Waals surface area contributed by atoms with E-state index in [0.29, 0.717) is 21.9 Å². The Bertz CT molecular complexity index is 1010. The van der Waals surface area contributed by atoms with Gasteiger partial charge in [0.1, 0.15) is 11.3 Å². The van der Waals surface area contributed by atoms with Crippen molar-refractivity contribution >= 4 is 34.4 Å². The van der Waals surface area contributed by atoms with E-state index in [9.17, 15) is 9.59 Å². The Labute approximate surface area is 167 Å². The molecule has 1 N–H and O–H groups in total. The third-order valence-corrected chi connectivity index (χ3v) is 4.66. The Morgan fingerprint density at radius 3 is 2.57 bits per heavy atom. The fourth-order valence-electron chi connectivity index (χ4n) is 2.84. The Hall–Kier alpha value is -2.99. The van der Waals surface area contributed by atoms with Gasteiger partial charge in [-0.15, -0.1) is 0 Å². The number of methoxy groups -OCH3 is 1. The number of rotatable bonds is 6. The zero-order valence-electron chi connectivity index (χ0n) is 15.7. The van der Waals surface area contributed by atoms with Crippen molar-refractivity contribution in [2.75, 3.05) is 13.7 Å². The fraction of sp³-hybridized carbons (Fsp3) is 0.238. The first kappa shape index (κ1) is 19.8. The van der Waals surface area contributed by atoms with Gasteiger partial charge in [0, 0.05) is 16.0 Å². The molecule has 1 amide bonds. The molecule has 0 aliphatic rings. The standard InChI is InChI=1S/C21H20ClNO5/c1-12-17-10-16(26-3)8-9-18(17)28-20(12)21(25)27-11-19(24)23-13(2)14-4-6-15(22)7-5-14/h4-10,13H,11H2,1-3H3,(H,23,24). The van der Waals surface area contributed by atoms with Gasteiger partial charge in [-0.2, -0.15) is 0 Å². The number of benzene rings is 2. The molecule has 1 unspecified atom stereocenters. The number of amides is 1. The quantitative estimate of drug-likeness (QED) is 0.618. The van der Waals surface area contributed by atoms with Crippen molar-refractivity contribution in [1.29, 1.82) is 0 Å². The van der Waals surface area contributed by atoms with E-state index in [1.54, 1.807) is 44.4 Å². The molecule has 0 saturated carbocycles. The van der Waals surface area contributed by atoms with Crippen molar-refractivity contribution in [1.82, 2.24) is 5.32 Å². The molecule has 0 spiro atoms. The number of fused-ring (bicyclic) bond motifs is 1. The zero-order valence-corrected chi connectivity index (χ0v) is 16.5. The molecule has 7 heteroatoms. The molecule has 1 heterocycles. The van der Waals surface area contributed by atoms with Crippen LogP contribution in [0.25, 0.3) is 11.0 Å². The molecule has 0 bridgehead atoms. The van der Waals surface area contributed by atoms with Gasteiger partial charge in [-0.05, 0) is 49.7 Å². The SMILES string of the molecule is COc1ccc2oc(C(=O)OCC(=O)NC(C)c3ccc(Cl)cc3)c(C)c2c1. The molecule has 28 heavy (non-hydrogen) atoms. The third-order valence-electron chi connectivity index (χ3n) is 4.41. The maximum Gasteiger partial charge on any atom is 0.375 e. The molecule has 146 valence electrons. The second-order valence-electron chi connectivity index (χ2n) is 6.34. The molecule has 0 radical (unpaired) electrons. The van der Waals surface area contributed by atoms with Gasteiger partial charge in [0.15, 0.2) is 6.61 Å². The van der Waals surface area contributed by atoms with Crippen molar-refractivity contribution in [2.45, 2.75) is 19.9 Å². The van der Waals surface area contributed by atoms with Crippen LogP contribution in [0.5, 0.6) is 5.75 Å². The highest BCUT2D eigenvalue weighted by Gasteiger charge is 2.21. The summed E-state index contributed by atoms with van der Waals surface area (Å²) in [4.78, 5) is 24.5. The first-order chi connectivity index (χ1) is 13.4. The minimum atomic E-state index is -0.693. The molecule has 6 nitrogen and oxygen atoms in total. The number of aryl methyl sites for hydroxylation is 1. The van der Waals surface area contributed by atoms with Gasteiger partial charge in [-0.1, -0.05) is 23.7 Å². The molecule has 0 fully saturated rings. The van der Waals surface area contributed by atoms with Gasteiger partial charge in [0.25, 0.3) is 5.91 Å². The summed E-state index contributed by atoms with van der Waals surface area (Å²) in [6.45, 7) is 3.18. The predicted molar refractivity (Wildman–Crippen MR) is 106 cm³/mol. The summed E-state index contributed by atoms with van der Waals surface area (Å²) >= 11 is 5.86. The van der Waals surface area contributed by atoms with Crippen LogP contribution in [0.2, 0.25) is 5.02 Å². The number of halogens is 1. The Balaban J connectivity index is 1.62. The maximum absolute atomic E-state index is 12.3. The molecule has 2 aromatic carbocycles. The normalized spacial score (nSPS) is 11.9. The summed E-state index contributed by atoms with van der Waals surface area (Å²) < 4.78 is 15.9. The van der Waals surface area contributed by atoms with Crippen LogP contribution in [-0.4, -0.2) is 25.6 Å². The topological polar surface area (TPSA) is 77.8 Å². The van der Waals surface area contributed by atoms with Gasteiger partial charge in [0.05, 0.1) is 13.2 Å². The molecule has 1 aromatic heterocycles. The summed E-state index contributed by atoms with van der Waals surface area (Å²) in [7, 11) is 1.56. The van der Waals surface area contributed by atoms with Crippen LogP contribution in [0, 0.1) is 6.92 Å². The number of ether oxygens (including phenoxy) is 2. The van der Waals surface area contributed by atoms with E-state index in [1.807, 2.05) is 19.1 Å². The highest BCUT2D eigenvalue weighted by atomic mass is 35.5. The van der Waals surface area contributed by atoms with E-state index in [4.69, 9.17) is 25.5 Å². The average molecular weight is 402 g/mol. The predicted octanol–water partition coefficient (Wildman–Crippen LogP) is 4.44. The Morgan fingerprint density at radius 2 is 1.89 bits per heavy atom. The first-order valence-electron chi connectivity index (χ1n) is 8.68. The minimum absolute atomic E-state index is 0.0711. The molecule has 3 aromatic rings. The van der Waals surface area contributed by atoms with Gasteiger partial charge in [-0.3, -0.25) is 4.79 Å². The number of hydrogen-bond acceptors (Lipinski definition) is 5. The van der Waals surface area contributed by atoms with Crippen molar-refractivity contribution in [2.24, 2.45) is 0 Å². The lowest BCUT2D eigenvalue weighted by molar-refractivity contribution is -0.124. The second kappa shape index (κ2) is 8.35. The van der Waals surface area contributed by atoms with Crippen molar-refractivity contribution in [3.8, 4) is 5.75 Å². The monoisotopic (exact) mass is 401 g/mol. The summed E-state index contributed by atoms with van der Waals surface area (Å²) in [6.07, 6.45) is 0. The van der Waals surface area contributed by atoms with E-state index in [0.717, 1.165) is 10.9 Å². The lowest BCUT2D eigenvalue weighted by Crippen LogP contribution is -2.31. The number of furan rings is 1. The summed E-state index contributed by atoms with van der Waals surface area (Å²) in [5.74, 6) is -0.373. The molecular weight excluding hydrogens is 382 g/mol. The van der Waals surface area contributed by atoms with E-state index >= 15 is 0 Å². The number of nitrogens with one attached hydrogen (secondary N) is 1. The number of hydrogen-bond donors (Lipinski definition) is 1. The van der Waals surface area contributed by atoms with Crippen LogP contribution >= 0.6 is 11.6 Å². The van der Waals surface area contributed by atoms with Gasteiger partial charge >= 0.3 is 5.97 Å². The third kappa shape index (κ3) is 4.28. The molecule has 0 saturated heterocycles. The molecular formula is C21H20ClNO5. The fourth-order valence-corrected chi connectivity index (χ4v) is 2.96. The van der Waals surface area contributed by atoms with Gasteiger partial charge in [0.2, 0.25) is 5.76 Å². The van der Waals surface area contributed by atoms with E-state index in [2.05, 4.69) is 5.32 Å². The molecule has 3 rings (SSSR count). The van der Waals surface area contributed by atoms with Crippen LogP contribution in [-0.2, 0) is 9.53 Å². The van der Waals surface area contributed by atoms with Gasteiger partial charge in [-0.25, -0.2) is 4.79 Å². The summed E-state index contributed by atoms with van der Waals surface area (Å²) in [5.41, 5.74) is 2.08. The van der Waals surface area contributed by atoms with Crippen molar-refractivity contribution in [3.05, 3.63) is 64.4 Å². The van der Waals surface area contributed by atoms with Gasteiger partial charge < -0.3 is 19.2 Å². The number of carbonyl (C=O) groups excluding carboxylic acids is 2. The van der Waals surface area contributed by atoms with Crippen LogP contribution in [0.15, 0.2) is 46.9 Å². The molecule has 0 aliphatic heterocycles. The lowest BCUT2D eigenvalue weighted by Gasteiger charge is -2.14. The lowest BCUT2D eigenvalue weighted by atomic mass is 10.1. The Kier molecular flexibility index (Phi) is 5.90. The number of carbonyl (C=O) groups is 2. The van der Waals surface area contributed by atoms with E-state index < -0.39 is 18.5 Å². The van der Waals surface area contributed by atoms with Crippen LogP contribution in [0.1, 0.15) is 34.6 Å². The molecule has 0 aliphatic carbocycles. The zero-order chi connectivity index (χ0) is 20.3. The average Bonchev–Trinajstić information content (AvgIpc) is 3.02. The van der Waals surface area contributed by atoms with Crippen LogP contribution < -0.4 is 10.1 Å². The minimum Gasteiger partial charge on any atom is -0.497 e. The number of esters is 1. The van der Waals surface area contributed by atoms with E-state index in [-0.39, 0.29) is 11.8 Å². The van der Waals surface area contributed by atoms with Crippen molar-refractivity contribution < 1.29 is 23.5 Å². The second-order valence-corrected chi connectivity index (χ2v) is 6.77. The first-order valence-corrected chi connectivity index (χ1v) is 9.06. The summed E-state index contributed by atoms with van der Waals surface area (Å²) in [5, 5.41) is 4.15. The summed E-state index contributed by atoms with van der Waals surface area (Å²) in [6, 6.07) is 12.1. The highest BCUT2D eigenvalue weighted by molar-refractivity contribution is 6.30. The Morgan fingerprint density at radius 1 is 1.18 bits per heavy atom. The van der Waals surface area contributed by atoms with Crippen LogP contribution in [0.4, 0.5) is 0 Å². The van der Waals surface area contributed by atoms with E-state index in [1.165, 1.54) is 0 Å². The largest absolute Gasteiger partial charge is 0.497 e. The van der Waals surface area contributed by atoms with Crippen LogP contribution in [0.3, 0.4) is 0 Å². The smallest absolute Gasteiger partial charge is 0.375 e. The maximum atomic E-state index is 12.3. The highest BCUT2D eigenvalue weighted by Crippen LogP contribution is 2.29.